The first-order chi connectivity index (χ1) is 12.3. The third-order valence-electron chi connectivity index (χ3n) is 4.02. The van der Waals surface area contributed by atoms with E-state index >= 15 is 0 Å². The molecule has 2 aromatic carbocycles. The molecule has 3 heteroatoms. The molecule has 0 aliphatic rings. The van der Waals surface area contributed by atoms with Gasteiger partial charge in [0.05, 0.1) is 6.61 Å². The molecule has 2 aromatic rings. The maximum Gasteiger partial charge on any atom is 0.121 e. The van der Waals surface area contributed by atoms with Crippen LogP contribution in [0.15, 0.2) is 60.7 Å². The van der Waals surface area contributed by atoms with E-state index in [1.54, 1.807) is 0 Å². The summed E-state index contributed by atoms with van der Waals surface area (Å²) in [5, 5.41) is 3.21. The molecule has 0 radical (unpaired) electrons. The van der Waals surface area contributed by atoms with Crippen LogP contribution in [0.2, 0.25) is 0 Å². The van der Waals surface area contributed by atoms with E-state index in [2.05, 4.69) is 54.7 Å². The lowest BCUT2D eigenvalue weighted by Gasteiger charge is -2.08. The Balaban J connectivity index is 1.71. The molecule has 0 spiro atoms. The van der Waals surface area contributed by atoms with Crippen LogP contribution in [0.4, 0.5) is 0 Å². The number of carbonyl (C=O) groups excluding carboxylic acids is 1. The minimum atomic E-state index is 0.559. The van der Waals surface area contributed by atoms with Crippen LogP contribution in [0.1, 0.15) is 30.9 Å². The van der Waals surface area contributed by atoms with E-state index < -0.39 is 0 Å². The van der Waals surface area contributed by atoms with Crippen molar-refractivity contribution in [1.82, 2.24) is 5.32 Å². The summed E-state index contributed by atoms with van der Waals surface area (Å²) in [5.41, 5.74) is 3.76. The van der Waals surface area contributed by atoms with Gasteiger partial charge in [0, 0.05) is 19.5 Å². The number of rotatable bonds is 11. The van der Waals surface area contributed by atoms with Gasteiger partial charge in [0.1, 0.15) is 12.0 Å². The van der Waals surface area contributed by atoms with Crippen molar-refractivity contribution in [2.45, 2.75) is 26.2 Å². The van der Waals surface area contributed by atoms with E-state index in [0.29, 0.717) is 6.42 Å². The molecule has 2 rings (SSSR count). The average Bonchev–Trinajstić information content (AvgIpc) is 2.66. The van der Waals surface area contributed by atoms with Crippen molar-refractivity contribution in [2.24, 2.45) is 0 Å². The molecular weight excluding hydrogens is 310 g/mol. The number of hydrogen-bond donors (Lipinski definition) is 1. The largest absolute Gasteiger partial charge is 0.494 e. The zero-order chi connectivity index (χ0) is 17.7. The second-order valence-electron chi connectivity index (χ2n) is 6.01. The molecule has 0 bridgehead atoms. The van der Waals surface area contributed by atoms with E-state index in [0.717, 1.165) is 44.6 Å². The first-order valence-corrected chi connectivity index (χ1v) is 8.88. The Morgan fingerprint density at radius 3 is 2.56 bits per heavy atom. The maximum absolute atomic E-state index is 10.3. The monoisotopic (exact) mass is 337 g/mol. The molecule has 0 saturated carbocycles. The number of nitrogens with one attached hydrogen (secondary N) is 1. The van der Waals surface area contributed by atoms with Gasteiger partial charge >= 0.3 is 0 Å². The molecule has 132 valence electrons. The minimum Gasteiger partial charge on any atom is -0.494 e. The molecule has 3 nitrogen and oxygen atoms in total. The summed E-state index contributed by atoms with van der Waals surface area (Å²) >= 11 is 0. The Labute approximate surface area is 150 Å². The van der Waals surface area contributed by atoms with E-state index in [9.17, 15) is 4.79 Å². The second kappa shape index (κ2) is 11.2. The molecule has 25 heavy (non-hydrogen) atoms. The Hall–Kier alpha value is -2.39. The van der Waals surface area contributed by atoms with Crippen molar-refractivity contribution >= 4 is 11.9 Å². The van der Waals surface area contributed by atoms with Gasteiger partial charge in [0.25, 0.3) is 0 Å². The summed E-state index contributed by atoms with van der Waals surface area (Å²) in [6.07, 6.45) is 5.68. The Morgan fingerprint density at radius 1 is 1.08 bits per heavy atom. The van der Waals surface area contributed by atoms with Gasteiger partial charge in [-0.1, -0.05) is 48.5 Å². The van der Waals surface area contributed by atoms with E-state index in [1.807, 2.05) is 18.2 Å². The molecule has 0 saturated heterocycles. The molecule has 1 N–H and O–H groups in total. The molecule has 0 aliphatic heterocycles. The van der Waals surface area contributed by atoms with E-state index in [1.165, 1.54) is 16.7 Å². The van der Waals surface area contributed by atoms with Gasteiger partial charge in [-0.25, -0.2) is 0 Å². The van der Waals surface area contributed by atoms with Crippen LogP contribution >= 0.6 is 0 Å². The van der Waals surface area contributed by atoms with Crippen LogP contribution in [0.3, 0.4) is 0 Å². The minimum absolute atomic E-state index is 0.559. The fraction of sp³-hybridized carbons (Fsp3) is 0.318. The zero-order valence-corrected chi connectivity index (χ0v) is 14.9. The fourth-order valence-electron chi connectivity index (χ4n) is 2.53. The topological polar surface area (TPSA) is 38.3 Å². The first-order valence-electron chi connectivity index (χ1n) is 8.88. The maximum atomic E-state index is 10.3. The summed E-state index contributed by atoms with van der Waals surface area (Å²) in [7, 11) is 0. The lowest BCUT2D eigenvalue weighted by molar-refractivity contribution is -0.107. The van der Waals surface area contributed by atoms with Gasteiger partial charge in [0.2, 0.25) is 0 Å². The van der Waals surface area contributed by atoms with Crippen LogP contribution in [0, 0.1) is 0 Å². The number of allylic oxidation sites excluding steroid dienone is 1. The van der Waals surface area contributed by atoms with Crippen molar-refractivity contribution in [1.29, 1.82) is 0 Å². The fourth-order valence-corrected chi connectivity index (χ4v) is 2.53. The normalized spacial score (nSPS) is 11.3. The van der Waals surface area contributed by atoms with Gasteiger partial charge < -0.3 is 14.8 Å². The summed E-state index contributed by atoms with van der Waals surface area (Å²) in [6.45, 7) is 4.32. The van der Waals surface area contributed by atoms with Crippen LogP contribution < -0.4 is 10.1 Å². The number of ether oxygens (including phenoxy) is 1. The number of carbonyl (C=O) groups is 1. The summed E-state index contributed by atoms with van der Waals surface area (Å²) < 4.78 is 5.82. The van der Waals surface area contributed by atoms with Crippen molar-refractivity contribution in [3.63, 3.8) is 0 Å². The molecular formula is C22H27NO2. The van der Waals surface area contributed by atoms with Crippen molar-refractivity contribution in [3.8, 4) is 5.75 Å². The first kappa shape index (κ1) is 18.9. The SMILES string of the molecule is C/C(=C\CNCCC=O)c1ccc(OCCCc2ccccc2)cc1. The van der Waals surface area contributed by atoms with Gasteiger partial charge in [-0.05, 0) is 48.6 Å². The third kappa shape index (κ3) is 7.36. The number of benzene rings is 2. The van der Waals surface area contributed by atoms with E-state index in [4.69, 9.17) is 4.74 Å². The number of aldehydes is 1. The van der Waals surface area contributed by atoms with Gasteiger partial charge in [-0.3, -0.25) is 0 Å². The Kier molecular flexibility index (Phi) is 8.50. The highest BCUT2D eigenvalue weighted by Crippen LogP contribution is 2.18. The molecule has 0 fully saturated rings. The van der Waals surface area contributed by atoms with E-state index in [-0.39, 0.29) is 0 Å². The summed E-state index contributed by atoms with van der Waals surface area (Å²) in [4.78, 5) is 10.3. The second-order valence-corrected chi connectivity index (χ2v) is 6.01. The number of hydrogen-bond acceptors (Lipinski definition) is 3. The highest BCUT2D eigenvalue weighted by atomic mass is 16.5. The highest BCUT2D eigenvalue weighted by molar-refractivity contribution is 5.64. The quantitative estimate of drug-likeness (QED) is 0.491. The lowest BCUT2D eigenvalue weighted by atomic mass is 10.1. The Bertz CT molecular complexity index is 647. The molecule has 0 aliphatic carbocycles. The molecule has 0 heterocycles. The molecule has 0 unspecified atom stereocenters. The van der Waals surface area contributed by atoms with Crippen LogP contribution in [-0.4, -0.2) is 26.0 Å². The van der Waals surface area contributed by atoms with Crippen LogP contribution in [-0.2, 0) is 11.2 Å². The van der Waals surface area contributed by atoms with Gasteiger partial charge in [-0.2, -0.15) is 0 Å². The molecule has 0 aromatic heterocycles. The van der Waals surface area contributed by atoms with Crippen molar-refractivity contribution in [2.75, 3.05) is 19.7 Å². The molecule has 0 amide bonds. The smallest absolute Gasteiger partial charge is 0.121 e. The predicted molar refractivity (Wildman–Crippen MR) is 104 cm³/mol. The van der Waals surface area contributed by atoms with Crippen LogP contribution in [0.5, 0.6) is 5.75 Å². The standard InChI is InChI=1S/C22H27NO2/c1-19(14-16-23-15-6-17-24)21-10-12-22(13-11-21)25-18-5-9-20-7-3-2-4-8-20/h2-4,7-8,10-14,17,23H,5-6,9,15-16,18H2,1H3/b19-14+. The molecule has 0 atom stereocenters. The summed E-state index contributed by atoms with van der Waals surface area (Å²) in [5.74, 6) is 0.911. The van der Waals surface area contributed by atoms with Gasteiger partial charge in [0.15, 0.2) is 0 Å². The van der Waals surface area contributed by atoms with Gasteiger partial charge in [-0.15, -0.1) is 0 Å². The zero-order valence-electron chi connectivity index (χ0n) is 14.9. The third-order valence-corrected chi connectivity index (χ3v) is 4.02. The van der Waals surface area contributed by atoms with Crippen LogP contribution in [0.25, 0.3) is 5.57 Å². The van der Waals surface area contributed by atoms with Crippen molar-refractivity contribution in [3.05, 3.63) is 71.8 Å². The summed E-state index contributed by atoms with van der Waals surface area (Å²) in [6, 6.07) is 18.7. The Morgan fingerprint density at radius 2 is 1.84 bits per heavy atom. The predicted octanol–water partition coefficient (Wildman–Crippen LogP) is 4.28. The average molecular weight is 337 g/mol. The number of aryl methyl sites for hydroxylation is 1. The van der Waals surface area contributed by atoms with Crippen molar-refractivity contribution < 1.29 is 9.53 Å². The lowest BCUT2D eigenvalue weighted by Crippen LogP contribution is -2.15. The highest BCUT2D eigenvalue weighted by Gasteiger charge is 1.98.